The van der Waals surface area contributed by atoms with Crippen LogP contribution in [-0.2, 0) is 4.79 Å². The Bertz CT molecular complexity index is 427. The number of rotatable bonds is 5. The van der Waals surface area contributed by atoms with Crippen LogP contribution in [0.25, 0.3) is 0 Å². The molecule has 0 bridgehead atoms. The Morgan fingerprint density at radius 2 is 1.87 bits per heavy atom. The highest BCUT2D eigenvalue weighted by Crippen LogP contribution is 2.32. The lowest BCUT2D eigenvalue weighted by Gasteiger charge is -2.36. The van der Waals surface area contributed by atoms with E-state index in [1.54, 1.807) is 0 Å². The molecule has 2 aliphatic rings. The van der Waals surface area contributed by atoms with E-state index in [1.165, 1.54) is 4.90 Å². The Labute approximate surface area is 136 Å². The first kappa shape index (κ1) is 18.0. The molecule has 1 aliphatic heterocycles. The number of hydrogen-bond donors (Lipinski definition) is 3. The molecule has 0 aromatic carbocycles. The van der Waals surface area contributed by atoms with Crippen molar-refractivity contribution in [1.29, 1.82) is 0 Å². The molecule has 0 radical (unpaired) electrons. The first-order valence-electron chi connectivity index (χ1n) is 8.52. The van der Waals surface area contributed by atoms with E-state index in [-0.39, 0.29) is 18.4 Å². The molecule has 0 aromatic rings. The number of carbonyl (C=O) groups excluding carboxylic acids is 1. The van der Waals surface area contributed by atoms with Crippen molar-refractivity contribution in [3.8, 4) is 0 Å². The third kappa shape index (κ3) is 4.56. The van der Waals surface area contributed by atoms with Gasteiger partial charge in [0.1, 0.15) is 12.2 Å². The topological polar surface area (TPSA) is 81.7 Å². The van der Waals surface area contributed by atoms with Gasteiger partial charge in [0.2, 0.25) is 5.91 Å². The monoisotopic (exact) mass is 329 g/mol. The summed E-state index contributed by atoms with van der Waals surface area (Å²) >= 11 is 0. The molecule has 2 amide bonds. The standard InChI is InChI=1S/C16H28FN3O3/c1-10(11-3-5-13(18-2)6-4-11)14(19-16(22)23)15(21)20-8-7-12(17)9-20/h10-14,18-19H,3-9H2,1-2H3,(H,22,23)/t10-,11?,12-,13?,14-/m0/s1. The highest BCUT2D eigenvalue weighted by molar-refractivity contribution is 5.85. The zero-order chi connectivity index (χ0) is 17.0. The number of hydrogen-bond acceptors (Lipinski definition) is 3. The van der Waals surface area contributed by atoms with Crippen molar-refractivity contribution in [3.05, 3.63) is 0 Å². The molecule has 2 fully saturated rings. The Balaban J connectivity index is 2.02. The first-order chi connectivity index (χ1) is 10.9. The summed E-state index contributed by atoms with van der Waals surface area (Å²) < 4.78 is 13.4. The summed E-state index contributed by atoms with van der Waals surface area (Å²) in [5.41, 5.74) is 0. The normalized spacial score (nSPS) is 30.7. The van der Waals surface area contributed by atoms with Gasteiger partial charge in [0, 0.05) is 12.6 Å². The molecule has 1 saturated heterocycles. The molecule has 2 rings (SSSR count). The minimum absolute atomic E-state index is 0.0792. The van der Waals surface area contributed by atoms with Crippen LogP contribution in [0.1, 0.15) is 39.0 Å². The van der Waals surface area contributed by atoms with Gasteiger partial charge in [-0.15, -0.1) is 0 Å². The third-order valence-corrected chi connectivity index (χ3v) is 5.44. The Kier molecular flexibility index (Phi) is 6.21. The van der Waals surface area contributed by atoms with Crippen molar-refractivity contribution >= 4 is 12.0 Å². The molecule has 1 aliphatic carbocycles. The van der Waals surface area contributed by atoms with Gasteiger partial charge in [-0.3, -0.25) is 4.79 Å². The largest absolute Gasteiger partial charge is 0.465 e. The molecule has 7 heteroatoms. The van der Waals surface area contributed by atoms with Gasteiger partial charge in [0.05, 0.1) is 6.54 Å². The lowest BCUT2D eigenvalue weighted by molar-refractivity contribution is -0.134. The van der Waals surface area contributed by atoms with Crippen molar-refractivity contribution in [1.82, 2.24) is 15.5 Å². The third-order valence-electron chi connectivity index (χ3n) is 5.44. The van der Waals surface area contributed by atoms with Crippen LogP contribution in [0.3, 0.4) is 0 Å². The van der Waals surface area contributed by atoms with E-state index >= 15 is 0 Å². The maximum absolute atomic E-state index is 13.4. The second-order valence-electron chi connectivity index (χ2n) is 6.86. The first-order valence-corrected chi connectivity index (χ1v) is 8.52. The van der Waals surface area contributed by atoms with E-state index < -0.39 is 18.3 Å². The Morgan fingerprint density at radius 1 is 1.22 bits per heavy atom. The van der Waals surface area contributed by atoms with Gasteiger partial charge in [-0.1, -0.05) is 6.92 Å². The molecule has 0 aromatic heterocycles. The maximum atomic E-state index is 13.4. The van der Waals surface area contributed by atoms with Gasteiger partial charge in [0.15, 0.2) is 0 Å². The Morgan fingerprint density at radius 3 is 2.35 bits per heavy atom. The van der Waals surface area contributed by atoms with Crippen LogP contribution in [0.4, 0.5) is 9.18 Å². The van der Waals surface area contributed by atoms with Gasteiger partial charge < -0.3 is 20.6 Å². The van der Waals surface area contributed by atoms with Crippen LogP contribution in [-0.4, -0.2) is 60.4 Å². The summed E-state index contributed by atoms with van der Waals surface area (Å²) in [7, 11) is 1.95. The molecular formula is C16H28FN3O3. The lowest BCUT2D eigenvalue weighted by Crippen LogP contribution is -2.53. The quantitative estimate of drug-likeness (QED) is 0.716. The number of carbonyl (C=O) groups is 2. The van der Waals surface area contributed by atoms with E-state index in [0.29, 0.717) is 24.9 Å². The van der Waals surface area contributed by atoms with Crippen molar-refractivity contribution < 1.29 is 19.1 Å². The molecule has 3 atom stereocenters. The second kappa shape index (κ2) is 7.95. The minimum Gasteiger partial charge on any atom is -0.465 e. The molecule has 132 valence electrons. The summed E-state index contributed by atoms with van der Waals surface area (Å²) in [4.78, 5) is 25.2. The fourth-order valence-corrected chi connectivity index (χ4v) is 3.87. The number of amides is 2. The summed E-state index contributed by atoms with van der Waals surface area (Å²) in [5, 5.41) is 14.7. The maximum Gasteiger partial charge on any atom is 0.405 e. The highest BCUT2D eigenvalue weighted by Gasteiger charge is 2.38. The number of nitrogens with zero attached hydrogens (tertiary/aromatic N) is 1. The summed E-state index contributed by atoms with van der Waals surface area (Å²) in [6, 6.07) is -0.278. The van der Waals surface area contributed by atoms with Crippen LogP contribution in [0.2, 0.25) is 0 Å². The molecule has 6 nitrogen and oxygen atoms in total. The van der Waals surface area contributed by atoms with Crippen molar-refractivity contribution in [2.45, 2.75) is 57.3 Å². The zero-order valence-corrected chi connectivity index (χ0v) is 13.9. The molecule has 0 spiro atoms. The number of halogens is 1. The summed E-state index contributed by atoms with van der Waals surface area (Å²) in [5.74, 6) is -0.0602. The fraction of sp³-hybridized carbons (Fsp3) is 0.875. The summed E-state index contributed by atoms with van der Waals surface area (Å²) in [6.45, 7) is 2.39. The Hall–Kier alpha value is -1.37. The summed E-state index contributed by atoms with van der Waals surface area (Å²) in [6.07, 6.45) is 2.17. The number of alkyl halides is 1. The predicted octanol–water partition coefficient (Wildman–Crippen LogP) is 1.61. The number of likely N-dealkylation sites (tertiary alicyclic amines) is 1. The van der Waals surface area contributed by atoms with E-state index in [0.717, 1.165) is 25.7 Å². The zero-order valence-electron chi connectivity index (χ0n) is 13.9. The van der Waals surface area contributed by atoms with Gasteiger partial charge in [0.25, 0.3) is 0 Å². The van der Waals surface area contributed by atoms with Gasteiger partial charge in [-0.2, -0.15) is 0 Å². The molecule has 0 unspecified atom stereocenters. The molecule has 23 heavy (non-hydrogen) atoms. The van der Waals surface area contributed by atoms with E-state index in [4.69, 9.17) is 5.11 Å². The SMILES string of the molecule is CNC1CCC([C@H](C)[C@H](NC(=O)O)C(=O)N2CC[C@H](F)C2)CC1. The highest BCUT2D eigenvalue weighted by atomic mass is 19.1. The number of nitrogens with one attached hydrogen (secondary N) is 2. The molecular weight excluding hydrogens is 301 g/mol. The molecule has 1 saturated carbocycles. The number of carboxylic acid groups (broad SMARTS) is 1. The fourth-order valence-electron chi connectivity index (χ4n) is 3.87. The lowest BCUT2D eigenvalue weighted by atomic mass is 9.76. The van der Waals surface area contributed by atoms with E-state index in [2.05, 4.69) is 10.6 Å². The second-order valence-corrected chi connectivity index (χ2v) is 6.86. The van der Waals surface area contributed by atoms with E-state index in [1.807, 2.05) is 14.0 Å². The average molecular weight is 329 g/mol. The van der Waals surface area contributed by atoms with Gasteiger partial charge in [-0.05, 0) is 51.0 Å². The van der Waals surface area contributed by atoms with Crippen molar-refractivity contribution in [2.75, 3.05) is 20.1 Å². The van der Waals surface area contributed by atoms with E-state index in [9.17, 15) is 14.0 Å². The van der Waals surface area contributed by atoms with Crippen LogP contribution in [0.15, 0.2) is 0 Å². The van der Waals surface area contributed by atoms with Crippen LogP contribution < -0.4 is 10.6 Å². The van der Waals surface area contributed by atoms with Crippen LogP contribution in [0, 0.1) is 11.8 Å². The van der Waals surface area contributed by atoms with Gasteiger partial charge in [-0.25, -0.2) is 9.18 Å². The van der Waals surface area contributed by atoms with Crippen molar-refractivity contribution in [2.24, 2.45) is 11.8 Å². The van der Waals surface area contributed by atoms with Crippen LogP contribution >= 0.6 is 0 Å². The van der Waals surface area contributed by atoms with Crippen LogP contribution in [0.5, 0.6) is 0 Å². The molecule has 1 heterocycles. The van der Waals surface area contributed by atoms with Crippen molar-refractivity contribution in [3.63, 3.8) is 0 Å². The average Bonchev–Trinajstić information content (AvgIpc) is 2.97. The molecule has 3 N–H and O–H groups in total. The van der Waals surface area contributed by atoms with Gasteiger partial charge >= 0.3 is 6.09 Å². The minimum atomic E-state index is -1.20. The predicted molar refractivity (Wildman–Crippen MR) is 85.0 cm³/mol. The smallest absolute Gasteiger partial charge is 0.405 e.